The Balaban J connectivity index is 2.38. The van der Waals surface area contributed by atoms with Gasteiger partial charge in [-0.3, -0.25) is 0 Å². The maximum atomic E-state index is 10.1. The lowest BCUT2D eigenvalue weighted by molar-refractivity contribution is 0.373. The molecule has 0 aliphatic rings. The second-order valence-electron chi connectivity index (χ2n) is 11.7. The summed E-state index contributed by atoms with van der Waals surface area (Å²) in [5.41, 5.74) is 10.4. The van der Waals surface area contributed by atoms with Crippen molar-refractivity contribution in [3.8, 4) is 28.0 Å². The van der Waals surface area contributed by atoms with Crippen LogP contribution in [-0.4, -0.2) is 9.79 Å². The van der Waals surface area contributed by atoms with Crippen LogP contribution in [0.5, 0.6) is 5.75 Å². The van der Waals surface area contributed by atoms with Gasteiger partial charge in [-0.15, -0.1) is 0 Å². The molecule has 3 aromatic rings. The number of benzene rings is 3. The van der Waals surface area contributed by atoms with Crippen LogP contribution in [-0.2, 0) is 25.7 Å². The summed E-state index contributed by atoms with van der Waals surface area (Å²) in [6.07, 6.45) is 17.9. The Bertz CT molecular complexity index is 1200. The highest BCUT2D eigenvalue weighted by atomic mass is 31.2. The zero-order valence-corrected chi connectivity index (χ0v) is 27.7. The molecule has 0 unspecified atom stereocenters. The van der Waals surface area contributed by atoms with Crippen molar-refractivity contribution in [3.63, 3.8) is 0 Å². The smallest absolute Gasteiger partial charge is 0.391 e. The van der Waals surface area contributed by atoms with Crippen LogP contribution in [0.25, 0.3) is 22.3 Å². The fraction of sp³-hybridized carbons (Fsp3) is 0.526. The van der Waals surface area contributed by atoms with Gasteiger partial charge in [0.05, 0.1) is 0 Å². The molecule has 0 radical (unpaired) electrons. The first-order chi connectivity index (χ1) is 20.5. The van der Waals surface area contributed by atoms with Crippen molar-refractivity contribution in [2.75, 3.05) is 0 Å². The zero-order valence-electron chi connectivity index (χ0n) is 26.8. The topological polar surface area (TPSA) is 49.7 Å². The van der Waals surface area contributed by atoms with Crippen LogP contribution in [0.1, 0.15) is 127 Å². The summed E-state index contributed by atoms with van der Waals surface area (Å²) >= 11 is 0. The second kappa shape index (κ2) is 19.2. The average molecular weight is 591 g/mol. The van der Waals surface area contributed by atoms with Gasteiger partial charge in [0, 0.05) is 0 Å². The van der Waals surface area contributed by atoms with Crippen molar-refractivity contribution < 1.29 is 14.3 Å². The lowest BCUT2D eigenvalue weighted by Gasteiger charge is -2.26. The first-order valence-corrected chi connectivity index (χ1v) is 17.9. The molecule has 230 valence electrons. The minimum Gasteiger partial charge on any atom is -0.427 e. The lowest BCUT2D eigenvalue weighted by atomic mass is 9.80. The monoisotopic (exact) mass is 590 g/mol. The van der Waals surface area contributed by atoms with Gasteiger partial charge < -0.3 is 14.3 Å². The van der Waals surface area contributed by atoms with Crippen LogP contribution in [0.15, 0.2) is 54.6 Å². The summed E-state index contributed by atoms with van der Waals surface area (Å²) in [5.74, 6) is 0.652. The first kappa shape index (κ1) is 34.3. The van der Waals surface area contributed by atoms with E-state index in [1.54, 1.807) is 0 Å². The molecule has 0 aliphatic heterocycles. The third-order valence-electron chi connectivity index (χ3n) is 8.44. The Morgan fingerprint density at radius 1 is 0.524 bits per heavy atom. The molecule has 0 bridgehead atoms. The largest absolute Gasteiger partial charge is 0.427 e. The number of rotatable bonds is 20. The van der Waals surface area contributed by atoms with E-state index in [-0.39, 0.29) is 0 Å². The first-order valence-electron chi connectivity index (χ1n) is 16.8. The molecule has 0 saturated carbocycles. The second-order valence-corrected chi connectivity index (χ2v) is 12.4. The van der Waals surface area contributed by atoms with Gasteiger partial charge in [0.2, 0.25) is 0 Å². The molecule has 0 spiro atoms. The SMILES string of the molecule is CCCCCc1ccccc1-c1cc(OP(O)O)c(CCCCC)c(CCCCC)c1-c1ccccc1CCCCC. The minimum absolute atomic E-state index is 0.652. The van der Waals surface area contributed by atoms with E-state index in [4.69, 9.17) is 4.52 Å². The van der Waals surface area contributed by atoms with E-state index in [2.05, 4.69) is 82.3 Å². The molecule has 2 N–H and O–H groups in total. The van der Waals surface area contributed by atoms with Crippen molar-refractivity contribution in [1.82, 2.24) is 0 Å². The van der Waals surface area contributed by atoms with Crippen molar-refractivity contribution >= 4 is 8.60 Å². The van der Waals surface area contributed by atoms with Crippen LogP contribution in [0.3, 0.4) is 0 Å². The van der Waals surface area contributed by atoms with Crippen LogP contribution in [0, 0.1) is 0 Å². The molecule has 0 atom stereocenters. The van der Waals surface area contributed by atoms with Crippen LogP contribution in [0.4, 0.5) is 0 Å². The highest BCUT2D eigenvalue weighted by molar-refractivity contribution is 7.39. The molecule has 3 aromatic carbocycles. The van der Waals surface area contributed by atoms with Crippen LogP contribution < -0.4 is 4.52 Å². The standard InChI is InChI=1S/C38H55O3P/c1-5-9-13-21-30-23-17-19-25-32(30)36-29-37(41-42(39)40)34(27-15-11-7-3)35(28-16-12-8-4)38(36)33-26-20-18-24-31(33)22-14-10-6-2/h17-20,23-26,29,39-40H,5-16,21-22,27-28H2,1-4H3. The van der Waals surface area contributed by atoms with Crippen molar-refractivity contribution in [2.24, 2.45) is 0 Å². The molecule has 4 heteroatoms. The van der Waals surface area contributed by atoms with Gasteiger partial charge >= 0.3 is 8.60 Å². The quantitative estimate of drug-likeness (QED) is 0.102. The Morgan fingerprint density at radius 3 is 1.50 bits per heavy atom. The number of hydrogen-bond acceptors (Lipinski definition) is 3. The van der Waals surface area contributed by atoms with E-state index >= 15 is 0 Å². The summed E-state index contributed by atoms with van der Waals surface area (Å²) in [7, 11) is -2.52. The molecule has 0 saturated heterocycles. The fourth-order valence-corrected chi connectivity index (χ4v) is 6.55. The molecule has 0 aromatic heterocycles. The predicted octanol–water partition coefficient (Wildman–Crippen LogP) is 11.5. The molecule has 0 fully saturated rings. The van der Waals surface area contributed by atoms with E-state index in [1.165, 1.54) is 83.0 Å². The lowest BCUT2D eigenvalue weighted by Crippen LogP contribution is -2.06. The van der Waals surface area contributed by atoms with Gasteiger partial charge in [0.15, 0.2) is 0 Å². The van der Waals surface area contributed by atoms with Gasteiger partial charge in [-0.1, -0.05) is 128 Å². The Kier molecular flexibility index (Phi) is 15.6. The van der Waals surface area contributed by atoms with Gasteiger partial charge in [-0.25, -0.2) is 0 Å². The van der Waals surface area contributed by atoms with E-state index in [0.717, 1.165) is 64.2 Å². The summed E-state index contributed by atoms with van der Waals surface area (Å²) in [4.78, 5) is 20.2. The maximum Gasteiger partial charge on any atom is 0.391 e. The Morgan fingerprint density at radius 2 is 0.976 bits per heavy atom. The summed E-state index contributed by atoms with van der Waals surface area (Å²) in [6, 6.07) is 20.0. The van der Waals surface area contributed by atoms with Gasteiger partial charge in [0.1, 0.15) is 5.75 Å². The third-order valence-corrected chi connectivity index (χ3v) is 8.80. The molecule has 0 amide bonds. The van der Waals surface area contributed by atoms with Crippen LogP contribution in [0.2, 0.25) is 0 Å². The molecular formula is C38H55O3P. The molecule has 0 heterocycles. The Labute approximate surface area is 257 Å². The van der Waals surface area contributed by atoms with Crippen molar-refractivity contribution in [2.45, 2.75) is 130 Å². The maximum absolute atomic E-state index is 10.1. The van der Waals surface area contributed by atoms with Gasteiger partial charge in [0.25, 0.3) is 0 Å². The van der Waals surface area contributed by atoms with E-state index in [0.29, 0.717) is 5.75 Å². The van der Waals surface area contributed by atoms with Gasteiger partial charge in [-0.05, 0) is 102 Å². The average Bonchev–Trinajstić information content (AvgIpc) is 2.99. The molecule has 3 rings (SSSR count). The van der Waals surface area contributed by atoms with Gasteiger partial charge in [-0.2, -0.15) is 0 Å². The number of aryl methyl sites for hydroxylation is 2. The van der Waals surface area contributed by atoms with Crippen molar-refractivity contribution in [1.29, 1.82) is 0 Å². The van der Waals surface area contributed by atoms with Crippen LogP contribution >= 0.6 is 8.60 Å². The van der Waals surface area contributed by atoms with Crippen molar-refractivity contribution in [3.05, 3.63) is 76.9 Å². The molecule has 3 nitrogen and oxygen atoms in total. The summed E-state index contributed by atoms with van der Waals surface area (Å²) < 4.78 is 5.90. The summed E-state index contributed by atoms with van der Waals surface area (Å²) in [5, 5.41) is 0. The number of unbranched alkanes of at least 4 members (excludes halogenated alkanes) is 8. The molecule has 0 aliphatic carbocycles. The highest BCUT2D eigenvalue weighted by Crippen LogP contribution is 2.47. The number of hydrogen-bond donors (Lipinski definition) is 2. The Hall–Kier alpha value is -2.19. The molecule has 42 heavy (non-hydrogen) atoms. The predicted molar refractivity (Wildman–Crippen MR) is 182 cm³/mol. The fourth-order valence-electron chi connectivity index (χ4n) is 6.21. The normalized spacial score (nSPS) is 11.4. The van der Waals surface area contributed by atoms with E-state index < -0.39 is 8.60 Å². The highest BCUT2D eigenvalue weighted by Gasteiger charge is 2.24. The molecular weight excluding hydrogens is 535 g/mol. The van der Waals surface area contributed by atoms with E-state index in [1.807, 2.05) is 0 Å². The zero-order chi connectivity index (χ0) is 30.2. The third kappa shape index (κ3) is 9.94. The summed E-state index contributed by atoms with van der Waals surface area (Å²) in [6.45, 7) is 9.01. The minimum atomic E-state index is -2.52. The van der Waals surface area contributed by atoms with E-state index in [9.17, 15) is 9.79 Å².